The van der Waals surface area contributed by atoms with Crippen LogP contribution in [0, 0.1) is 0 Å². The van der Waals surface area contributed by atoms with E-state index in [2.05, 4.69) is 51.5 Å². The van der Waals surface area contributed by atoms with Crippen LogP contribution in [-0.2, 0) is 14.3 Å². The molecule has 1 atom stereocenters. The molecule has 1 heterocycles. The van der Waals surface area contributed by atoms with Gasteiger partial charge < -0.3 is 19.7 Å². The van der Waals surface area contributed by atoms with Crippen LogP contribution in [0.1, 0.15) is 59.9 Å². The largest absolute Gasteiger partial charge is 0.379 e. The molecule has 0 bridgehead atoms. The number of ether oxygens (including phenoxy) is 2. The zero-order valence-electron chi connectivity index (χ0n) is 24.0. The van der Waals surface area contributed by atoms with Gasteiger partial charge in [-0.3, -0.25) is 14.8 Å². The number of nitrogens with zero attached hydrogens (tertiary/aromatic N) is 3. The third-order valence-corrected chi connectivity index (χ3v) is 6.52. The molecular formula is C30H43ClN4O3. The summed E-state index contributed by atoms with van der Waals surface area (Å²) in [5.74, 6) is 0.556. The van der Waals surface area contributed by atoms with E-state index in [-0.39, 0.29) is 12.3 Å². The van der Waals surface area contributed by atoms with Crippen LogP contribution in [0.5, 0.6) is 0 Å². The van der Waals surface area contributed by atoms with Crippen LogP contribution in [0.3, 0.4) is 0 Å². The average molecular weight is 543 g/mol. The Kier molecular flexibility index (Phi) is 12.9. The molecule has 7 nitrogen and oxygen atoms in total. The van der Waals surface area contributed by atoms with Crippen LogP contribution < -0.4 is 5.32 Å². The highest BCUT2D eigenvalue weighted by atomic mass is 35.5. The van der Waals surface area contributed by atoms with Gasteiger partial charge in [-0.2, -0.15) is 0 Å². The molecule has 0 spiro atoms. The van der Waals surface area contributed by atoms with Gasteiger partial charge in [0.25, 0.3) is 0 Å². The van der Waals surface area contributed by atoms with E-state index >= 15 is 0 Å². The van der Waals surface area contributed by atoms with E-state index in [4.69, 9.17) is 26.1 Å². The molecule has 1 aliphatic heterocycles. The molecule has 0 saturated carbocycles. The molecule has 1 aromatic carbocycles. The summed E-state index contributed by atoms with van der Waals surface area (Å²) in [5, 5.41) is 3.61. The van der Waals surface area contributed by atoms with Crippen molar-refractivity contribution in [1.29, 1.82) is 0 Å². The molecule has 0 unspecified atom stereocenters. The molecule has 0 aliphatic carbocycles. The van der Waals surface area contributed by atoms with Gasteiger partial charge in [-0.25, -0.2) is 0 Å². The lowest BCUT2D eigenvalue weighted by Crippen LogP contribution is -2.39. The lowest BCUT2D eigenvalue weighted by atomic mass is 9.92. The molecule has 1 N–H and O–H groups in total. The van der Waals surface area contributed by atoms with E-state index in [1.165, 1.54) is 5.57 Å². The Morgan fingerprint density at radius 1 is 1.11 bits per heavy atom. The van der Waals surface area contributed by atoms with Crippen molar-refractivity contribution in [2.45, 2.75) is 60.4 Å². The average Bonchev–Trinajstić information content (AvgIpc) is 2.99. The van der Waals surface area contributed by atoms with Crippen molar-refractivity contribution in [1.82, 2.24) is 10.2 Å². The molecule has 208 valence electrons. The van der Waals surface area contributed by atoms with Crippen LogP contribution >= 0.6 is 11.6 Å². The minimum absolute atomic E-state index is 0.122. The zero-order chi connectivity index (χ0) is 28.2. The van der Waals surface area contributed by atoms with Crippen molar-refractivity contribution in [2.24, 2.45) is 9.98 Å². The van der Waals surface area contributed by atoms with Gasteiger partial charge in [0.15, 0.2) is 0 Å². The summed E-state index contributed by atoms with van der Waals surface area (Å²) in [7, 11) is 1.73. The lowest BCUT2D eigenvalue weighted by Gasteiger charge is -2.29. The monoisotopic (exact) mass is 542 g/mol. The topological polar surface area (TPSA) is 75.5 Å². The molecule has 1 amide bonds. The van der Waals surface area contributed by atoms with E-state index in [1.54, 1.807) is 7.05 Å². The number of amidine groups is 1. The van der Waals surface area contributed by atoms with Crippen LogP contribution in [0.15, 0.2) is 68.9 Å². The Bertz CT molecular complexity index is 1100. The zero-order valence-corrected chi connectivity index (χ0v) is 24.7. The van der Waals surface area contributed by atoms with Gasteiger partial charge in [-0.05, 0) is 58.7 Å². The van der Waals surface area contributed by atoms with Gasteiger partial charge in [-0.1, -0.05) is 42.8 Å². The van der Waals surface area contributed by atoms with Crippen molar-refractivity contribution in [2.75, 3.05) is 40.0 Å². The Hall–Kier alpha value is -2.74. The molecule has 0 fully saturated rings. The second-order valence-corrected chi connectivity index (χ2v) is 9.95. The third-order valence-electron chi connectivity index (χ3n) is 6.27. The first kappa shape index (κ1) is 31.5. The first-order chi connectivity index (χ1) is 18.1. The Balaban J connectivity index is 2.39. The minimum Gasteiger partial charge on any atom is -0.379 e. The first-order valence-electron chi connectivity index (χ1n) is 13.2. The predicted molar refractivity (Wildman–Crippen MR) is 158 cm³/mol. The van der Waals surface area contributed by atoms with Gasteiger partial charge >= 0.3 is 0 Å². The molecule has 0 aromatic heterocycles. The van der Waals surface area contributed by atoms with Gasteiger partial charge in [0, 0.05) is 47.8 Å². The van der Waals surface area contributed by atoms with Crippen LogP contribution in [-0.4, -0.2) is 68.4 Å². The lowest BCUT2D eigenvalue weighted by molar-refractivity contribution is -0.121. The number of hydrogen-bond donors (Lipinski definition) is 1. The number of carbonyl (C=O) groups is 1. The maximum absolute atomic E-state index is 13.0. The highest BCUT2D eigenvalue weighted by Gasteiger charge is 2.32. The van der Waals surface area contributed by atoms with E-state index in [0.717, 1.165) is 46.8 Å². The second kappa shape index (κ2) is 15.6. The number of carbonyl (C=O) groups excluding carboxylic acids is 1. The number of aliphatic imine (C=N–C) groups is 2. The summed E-state index contributed by atoms with van der Waals surface area (Å²) in [6.45, 7) is 19.2. The molecule has 1 aliphatic rings. The van der Waals surface area contributed by atoms with Crippen molar-refractivity contribution in [3.63, 3.8) is 0 Å². The van der Waals surface area contributed by atoms with E-state index in [0.29, 0.717) is 37.2 Å². The summed E-state index contributed by atoms with van der Waals surface area (Å²) in [5.41, 5.74) is 6.78. The van der Waals surface area contributed by atoms with Gasteiger partial charge in [0.1, 0.15) is 11.9 Å². The fourth-order valence-electron chi connectivity index (χ4n) is 4.25. The van der Waals surface area contributed by atoms with Crippen LogP contribution in [0.4, 0.5) is 0 Å². The number of hydrogen-bond acceptors (Lipinski definition) is 5. The first-order valence-corrected chi connectivity index (χ1v) is 13.5. The van der Waals surface area contributed by atoms with Crippen LogP contribution in [0.2, 0.25) is 5.02 Å². The number of benzene rings is 1. The Morgan fingerprint density at radius 3 is 2.29 bits per heavy atom. The number of halogens is 1. The van der Waals surface area contributed by atoms with Crippen molar-refractivity contribution < 1.29 is 14.3 Å². The van der Waals surface area contributed by atoms with E-state index < -0.39 is 6.04 Å². The maximum atomic E-state index is 13.0. The van der Waals surface area contributed by atoms with Crippen molar-refractivity contribution in [3.8, 4) is 0 Å². The highest BCUT2D eigenvalue weighted by Crippen LogP contribution is 2.32. The minimum atomic E-state index is -0.511. The number of amides is 1. The molecular weight excluding hydrogens is 500 g/mol. The van der Waals surface area contributed by atoms with Crippen molar-refractivity contribution in [3.05, 3.63) is 69.5 Å². The SMILES string of the molecule is C=C(C)N1C(=NC)[C@H](CC(=O)NCCOCCOCCC)N=C(c2ccc(Cl)cc2)C(C(C)=C(C)C)=C1C. The second-order valence-electron chi connectivity index (χ2n) is 9.52. The fraction of sp³-hybridized carbons (Fsp3) is 0.500. The van der Waals surface area contributed by atoms with Crippen LogP contribution in [0.25, 0.3) is 0 Å². The molecule has 1 aromatic rings. The Morgan fingerprint density at radius 2 is 1.74 bits per heavy atom. The quantitative estimate of drug-likeness (QED) is 0.312. The molecule has 0 radical (unpaired) electrons. The summed E-state index contributed by atoms with van der Waals surface area (Å²) in [6.07, 6.45) is 1.12. The summed E-state index contributed by atoms with van der Waals surface area (Å²) >= 11 is 6.20. The molecule has 8 heteroatoms. The Labute approximate surface area is 233 Å². The van der Waals surface area contributed by atoms with E-state index in [1.807, 2.05) is 36.1 Å². The maximum Gasteiger partial charge on any atom is 0.222 e. The number of nitrogens with one attached hydrogen (secondary N) is 1. The summed E-state index contributed by atoms with van der Waals surface area (Å²) in [4.78, 5) is 24.8. The molecule has 38 heavy (non-hydrogen) atoms. The summed E-state index contributed by atoms with van der Waals surface area (Å²) < 4.78 is 11.0. The number of rotatable bonds is 13. The fourth-order valence-corrected chi connectivity index (χ4v) is 4.38. The smallest absolute Gasteiger partial charge is 0.222 e. The molecule has 2 rings (SSSR count). The van der Waals surface area contributed by atoms with Gasteiger partial charge in [0.2, 0.25) is 5.91 Å². The third kappa shape index (κ3) is 8.65. The normalized spacial score (nSPS) is 16.8. The van der Waals surface area contributed by atoms with Gasteiger partial charge in [-0.15, -0.1) is 0 Å². The van der Waals surface area contributed by atoms with Gasteiger partial charge in [0.05, 0.1) is 32.0 Å². The summed E-state index contributed by atoms with van der Waals surface area (Å²) in [6, 6.07) is 7.13. The standard InChI is InChI=1S/C30H43ClN4O3/c1-9-15-37-17-18-38-16-14-33-27(36)19-26-30(32-8)35(21(4)5)23(7)28(22(6)20(2)3)29(34-26)24-10-12-25(31)13-11-24/h10-13,26H,4,9,14-19H2,1-3,5-8H3,(H,33,36)/t26-/m0/s1. The van der Waals surface area contributed by atoms with E-state index in [9.17, 15) is 4.79 Å². The molecule has 0 saturated heterocycles. The predicted octanol–water partition coefficient (Wildman–Crippen LogP) is 5.96. The van der Waals surface area contributed by atoms with Crippen molar-refractivity contribution >= 4 is 29.1 Å². The highest BCUT2D eigenvalue weighted by molar-refractivity contribution is 6.30. The number of allylic oxidation sites excluding steroid dienone is 5.